The van der Waals surface area contributed by atoms with Crippen LogP contribution in [0.1, 0.15) is 0 Å². The van der Waals surface area contributed by atoms with E-state index in [0.29, 0.717) is 26.2 Å². The Hall–Kier alpha value is -0.810. The van der Waals surface area contributed by atoms with Gasteiger partial charge in [0.2, 0.25) is 0 Å². The van der Waals surface area contributed by atoms with Crippen LogP contribution in [0.2, 0.25) is 0 Å². The Morgan fingerprint density at radius 2 is 1.50 bits per heavy atom. The van der Waals surface area contributed by atoms with Crippen LogP contribution < -0.4 is 11.5 Å². The number of amides is 2. The van der Waals surface area contributed by atoms with Crippen molar-refractivity contribution in [2.45, 2.75) is 0 Å². The molecule has 12 heavy (non-hydrogen) atoms. The van der Waals surface area contributed by atoms with Gasteiger partial charge in [-0.15, -0.1) is 0 Å². The zero-order valence-corrected chi connectivity index (χ0v) is 7.20. The Morgan fingerprint density at radius 1 is 1.08 bits per heavy atom. The second kappa shape index (κ2) is 4.27. The molecule has 0 saturated carbocycles. The third kappa shape index (κ3) is 1.86. The van der Waals surface area contributed by atoms with Gasteiger partial charge in [0.1, 0.15) is 0 Å². The fraction of sp³-hybridized carbons (Fsp3) is 0.857. The van der Waals surface area contributed by atoms with E-state index in [1.165, 1.54) is 0 Å². The maximum Gasteiger partial charge on any atom is 0.320 e. The maximum absolute atomic E-state index is 11.4. The largest absolute Gasteiger partial charge is 0.329 e. The minimum atomic E-state index is 0.0749. The molecule has 0 atom stereocenters. The van der Waals surface area contributed by atoms with Gasteiger partial charge in [-0.2, -0.15) is 0 Å². The van der Waals surface area contributed by atoms with Crippen molar-refractivity contribution in [1.82, 2.24) is 9.80 Å². The molecule has 1 aliphatic rings. The lowest BCUT2D eigenvalue weighted by molar-refractivity contribution is 0.194. The van der Waals surface area contributed by atoms with Gasteiger partial charge in [0, 0.05) is 39.3 Å². The van der Waals surface area contributed by atoms with Gasteiger partial charge in [0.05, 0.1) is 0 Å². The predicted octanol–water partition coefficient (Wildman–Crippen LogP) is -1.36. The van der Waals surface area contributed by atoms with Crippen molar-refractivity contribution in [3.8, 4) is 0 Å². The van der Waals surface area contributed by atoms with E-state index in [1.807, 2.05) is 0 Å². The second-order valence-corrected chi connectivity index (χ2v) is 2.83. The van der Waals surface area contributed by atoms with E-state index in [-0.39, 0.29) is 6.03 Å². The fourth-order valence-corrected chi connectivity index (χ4v) is 1.36. The smallest absolute Gasteiger partial charge is 0.320 e. The molecule has 4 N–H and O–H groups in total. The summed E-state index contributed by atoms with van der Waals surface area (Å²) in [6.07, 6.45) is 0. The summed E-state index contributed by atoms with van der Waals surface area (Å²) in [6.45, 7) is 3.94. The third-order valence-electron chi connectivity index (χ3n) is 1.98. The average Bonchev–Trinajstić information content (AvgIpc) is 2.38. The Kier molecular flexibility index (Phi) is 3.31. The molecular formula is C7H16N4O. The molecule has 70 valence electrons. The molecule has 1 fully saturated rings. The van der Waals surface area contributed by atoms with Gasteiger partial charge in [-0.3, -0.25) is 0 Å². The summed E-state index contributed by atoms with van der Waals surface area (Å²) in [4.78, 5) is 14.9. The average molecular weight is 172 g/mol. The van der Waals surface area contributed by atoms with E-state index < -0.39 is 0 Å². The summed E-state index contributed by atoms with van der Waals surface area (Å²) in [5.74, 6) is 0. The summed E-state index contributed by atoms with van der Waals surface area (Å²) >= 11 is 0. The Labute approximate surface area is 72.3 Å². The van der Waals surface area contributed by atoms with Crippen molar-refractivity contribution in [3.05, 3.63) is 0 Å². The highest BCUT2D eigenvalue weighted by Crippen LogP contribution is 2.06. The second-order valence-electron chi connectivity index (χ2n) is 2.83. The van der Waals surface area contributed by atoms with E-state index in [9.17, 15) is 4.79 Å². The molecule has 0 aliphatic carbocycles. The number of carbonyl (C=O) groups excluding carboxylic acids is 1. The van der Waals surface area contributed by atoms with Gasteiger partial charge >= 0.3 is 6.03 Å². The zero-order chi connectivity index (χ0) is 8.97. The molecule has 0 unspecified atom stereocenters. The van der Waals surface area contributed by atoms with E-state index in [4.69, 9.17) is 11.5 Å². The van der Waals surface area contributed by atoms with Crippen molar-refractivity contribution < 1.29 is 4.79 Å². The molecule has 1 rings (SSSR count). The van der Waals surface area contributed by atoms with E-state index >= 15 is 0 Å². The van der Waals surface area contributed by atoms with Crippen molar-refractivity contribution in [3.63, 3.8) is 0 Å². The molecule has 1 saturated heterocycles. The summed E-state index contributed by atoms with van der Waals surface area (Å²) in [6, 6.07) is 0.0749. The van der Waals surface area contributed by atoms with Crippen LogP contribution in [0.15, 0.2) is 0 Å². The molecule has 1 aliphatic heterocycles. The molecule has 2 amide bonds. The van der Waals surface area contributed by atoms with E-state index in [1.54, 1.807) is 9.80 Å². The molecular weight excluding hydrogens is 156 g/mol. The first-order valence-electron chi connectivity index (χ1n) is 4.23. The fourth-order valence-electron chi connectivity index (χ4n) is 1.36. The van der Waals surface area contributed by atoms with Gasteiger partial charge in [-0.1, -0.05) is 0 Å². The predicted molar refractivity (Wildman–Crippen MR) is 46.7 cm³/mol. The van der Waals surface area contributed by atoms with Crippen LogP contribution in [0.5, 0.6) is 0 Å². The molecule has 0 aromatic heterocycles. The number of urea groups is 1. The molecule has 0 spiro atoms. The number of nitrogens with two attached hydrogens (primary N) is 2. The first-order chi connectivity index (χ1) is 5.79. The van der Waals surface area contributed by atoms with Crippen LogP contribution in [-0.4, -0.2) is 55.1 Å². The number of carbonyl (C=O) groups is 1. The van der Waals surface area contributed by atoms with Crippen LogP contribution in [0.3, 0.4) is 0 Å². The lowest BCUT2D eigenvalue weighted by Gasteiger charge is -2.16. The number of hydrogen-bond donors (Lipinski definition) is 2. The maximum atomic E-state index is 11.4. The molecule has 1 heterocycles. The van der Waals surface area contributed by atoms with Crippen molar-refractivity contribution >= 4 is 6.03 Å². The third-order valence-corrected chi connectivity index (χ3v) is 1.98. The highest BCUT2D eigenvalue weighted by atomic mass is 16.2. The molecule has 0 aromatic carbocycles. The Balaban J connectivity index is 2.38. The highest BCUT2D eigenvalue weighted by Gasteiger charge is 2.26. The minimum Gasteiger partial charge on any atom is -0.329 e. The monoisotopic (exact) mass is 172 g/mol. The number of nitrogens with zero attached hydrogens (tertiary/aromatic N) is 2. The normalized spacial score (nSPS) is 17.7. The van der Waals surface area contributed by atoms with Crippen molar-refractivity contribution in [2.75, 3.05) is 39.3 Å². The summed E-state index contributed by atoms with van der Waals surface area (Å²) in [5.41, 5.74) is 10.7. The lowest BCUT2D eigenvalue weighted by Crippen LogP contribution is -2.37. The number of rotatable bonds is 4. The molecule has 0 radical (unpaired) electrons. The van der Waals surface area contributed by atoms with Crippen LogP contribution in [0, 0.1) is 0 Å². The van der Waals surface area contributed by atoms with Crippen molar-refractivity contribution in [2.24, 2.45) is 11.5 Å². The first-order valence-corrected chi connectivity index (χ1v) is 4.23. The number of hydrogen-bond acceptors (Lipinski definition) is 3. The van der Waals surface area contributed by atoms with Gasteiger partial charge in [0.15, 0.2) is 0 Å². The van der Waals surface area contributed by atoms with Gasteiger partial charge in [-0.25, -0.2) is 4.79 Å². The molecule has 5 heteroatoms. The van der Waals surface area contributed by atoms with Crippen LogP contribution in [0.25, 0.3) is 0 Å². The lowest BCUT2D eigenvalue weighted by atomic mass is 10.5. The first kappa shape index (κ1) is 9.28. The van der Waals surface area contributed by atoms with Crippen LogP contribution in [-0.2, 0) is 0 Å². The molecule has 0 aromatic rings. The summed E-state index contributed by atoms with van der Waals surface area (Å²) in [5, 5.41) is 0. The van der Waals surface area contributed by atoms with Gasteiger partial charge in [0.25, 0.3) is 0 Å². The molecule has 5 nitrogen and oxygen atoms in total. The van der Waals surface area contributed by atoms with Crippen LogP contribution >= 0.6 is 0 Å². The molecule has 0 bridgehead atoms. The highest BCUT2D eigenvalue weighted by molar-refractivity contribution is 5.76. The summed E-state index contributed by atoms with van der Waals surface area (Å²) in [7, 11) is 0. The standard InChI is InChI=1S/C7H16N4O/c8-1-3-10-5-6-11(4-2-9)7(10)12/h1-6,8-9H2. The Morgan fingerprint density at radius 3 is 1.83 bits per heavy atom. The van der Waals surface area contributed by atoms with Gasteiger partial charge < -0.3 is 21.3 Å². The van der Waals surface area contributed by atoms with Crippen molar-refractivity contribution in [1.29, 1.82) is 0 Å². The SMILES string of the molecule is NCCN1CCN(CCN)C1=O. The van der Waals surface area contributed by atoms with Crippen LogP contribution in [0.4, 0.5) is 4.79 Å². The van der Waals surface area contributed by atoms with E-state index in [2.05, 4.69) is 0 Å². The minimum absolute atomic E-state index is 0.0749. The quantitative estimate of drug-likeness (QED) is 0.550. The topological polar surface area (TPSA) is 75.6 Å². The Bertz CT molecular complexity index is 145. The summed E-state index contributed by atoms with van der Waals surface area (Å²) < 4.78 is 0. The zero-order valence-electron chi connectivity index (χ0n) is 7.20. The van der Waals surface area contributed by atoms with E-state index in [0.717, 1.165) is 13.1 Å². The van der Waals surface area contributed by atoms with Gasteiger partial charge in [-0.05, 0) is 0 Å².